The zero-order chi connectivity index (χ0) is 13.9. The molecular weight excluding hydrogens is 352 g/mol. The Morgan fingerprint density at radius 1 is 1.15 bits per heavy atom. The number of rotatable bonds is 3. The van der Waals surface area contributed by atoms with E-state index in [0.717, 1.165) is 11.4 Å². The van der Waals surface area contributed by atoms with E-state index < -0.39 is 0 Å². The maximum absolute atomic E-state index is 6.06. The van der Waals surface area contributed by atoms with Crippen LogP contribution in [0.1, 0.15) is 45.0 Å². The first-order valence-electron chi connectivity index (χ1n) is 7.22. The molecular formula is C17H18BrClS. The summed E-state index contributed by atoms with van der Waals surface area (Å²) < 4.78 is 0. The van der Waals surface area contributed by atoms with Gasteiger partial charge in [0.05, 0.1) is 4.83 Å². The lowest BCUT2D eigenvalue weighted by atomic mass is 10.1. The van der Waals surface area contributed by atoms with Crippen molar-refractivity contribution >= 4 is 38.9 Å². The molecule has 20 heavy (non-hydrogen) atoms. The van der Waals surface area contributed by atoms with Gasteiger partial charge in [0.2, 0.25) is 0 Å². The Morgan fingerprint density at radius 2 is 2.00 bits per heavy atom. The quantitative estimate of drug-likeness (QED) is 0.437. The van der Waals surface area contributed by atoms with Crippen molar-refractivity contribution in [1.82, 2.24) is 0 Å². The fourth-order valence-electron chi connectivity index (χ4n) is 2.82. The van der Waals surface area contributed by atoms with Crippen LogP contribution in [-0.4, -0.2) is 0 Å². The molecule has 1 atom stereocenters. The van der Waals surface area contributed by atoms with Gasteiger partial charge in [-0.25, -0.2) is 0 Å². The van der Waals surface area contributed by atoms with Crippen LogP contribution in [0.5, 0.6) is 0 Å². The Balaban J connectivity index is 1.75. The molecule has 0 saturated carbocycles. The number of alkyl halides is 1. The number of aryl methyl sites for hydroxylation is 2. The van der Waals surface area contributed by atoms with Gasteiger partial charge in [0, 0.05) is 14.8 Å². The van der Waals surface area contributed by atoms with E-state index in [-0.39, 0.29) is 0 Å². The Bertz CT molecular complexity index is 567. The van der Waals surface area contributed by atoms with E-state index in [1.807, 2.05) is 23.5 Å². The maximum Gasteiger partial charge on any atom is 0.0529 e. The molecule has 2 aromatic rings. The van der Waals surface area contributed by atoms with Crippen molar-refractivity contribution in [2.24, 2.45) is 0 Å². The number of hydrogen-bond acceptors (Lipinski definition) is 1. The van der Waals surface area contributed by atoms with Crippen molar-refractivity contribution in [1.29, 1.82) is 0 Å². The summed E-state index contributed by atoms with van der Waals surface area (Å²) in [5.74, 6) is 0. The molecule has 1 unspecified atom stereocenters. The van der Waals surface area contributed by atoms with Crippen molar-refractivity contribution in [2.75, 3.05) is 0 Å². The van der Waals surface area contributed by atoms with E-state index in [2.05, 4.69) is 34.1 Å². The van der Waals surface area contributed by atoms with Gasteiger partial charge in [0.1, 0.15) is 0 Å². The lowest BCUT2D eigenvalue weighted by Crippen LogP contribution is -1.93. The number of benzene rings is 1. The Hall–Kier alpha value is -0.310. The smallest absolute Gasteiger partial charge is 0.0529 e. The molecule has 0 aliphatic heterocycles. The van der Waals surface area contributed by atoms with E-state index in [9.17, 15) is 0 Å². The third-order valence-electron chi connectivity index (χ3n) is 3.88. The molecule has 0 nitrogen and oxygen atoms in total. The maximum atomic E-state index is 6.06. The highest BCUT2D eigenvalue weighted by Crippen LogP contribution is 2.37. The molecule has 1 aromatic carbocycles. The second-order valence-corrected chi connectivity index (χ2v) is 8.17. The molecule has 0 bridgehead atoms. The minimum atomic E-state index is 0.401. The fourth-order valence-corrected chi connectivity index (χ4v) is 5.05. The topological polar surface area (TPSA) is 0 Å². The van der Waals surface area contributed by atoms with Crippen LogP contribution in [0.25, 0.3) is 0 Å². The molecule has 0 amide bonds. The van der Waals surface area contributed by atoms with Gasteiger partial charge in [0.15, 0.2) is 0 Å². The fraction of sp³-hybridized carbons (Fsp3) is 0.412. The van der Waals surface area contributed by atoms with Crippen LogP contribution in [0.3, 0.4) is 0 Å². The van der Waals surface area contributed by atoms with Crippen LogP contribution in [0.15, 0.2) is 30.3 Å². The van der Waals surface area contributed by atoms with E-state index >= 15 is 0 Å². The molecule has 0 N–H and O–H groups in total. The molecule has 106 valence electrons. The monoisotopic (exact) mass is 368 g/mol. The van der Waals surface area contributed by atoms with E-state index in [4.69, 9.17) is 11.6 Å². The third-order valence-corrected chi connectivity index (χ3v) is 6.58. The third kappa shape index (κ3) is 3.47. The van der Waals surface area contributed by atoms with Gasteiger partial charge in [0.25, 0.3) is 0 Å². The second-order valence-electron chi connectivity index (χ2n) is 5.46. The van der Waals surface area contributed by atoms with E-state index in [1.165, 1.54) is 42.5 Å². The average molecular weight is 370 g/mol. The first-order valence-corrected chi connectivity index (χ1v) is 9.33. The summed E-state index contributed by atoms with van der Waals surface area (Å²) in [7, 11) is 0. The summed E-state index contributed by atoms with van der Waals surface area (Å²) >= 11 is 11.9. The van der Waals surface area contributed by atoms with Gasteiger partial charge < -0.3 is 0 Å². The largest absolute Gasteiger partial charge is 0.144 e. The molecule has 0 saturated heterocycles. The van der Waals surface area contributed by atoms with Crippen LogP contribution in [-0.2, 0) is 19.3 Å². The first kappa shape index (κ1) is 14.6. The van der Waals surface area contributed by atoms with Gasteiger partial charge in [-0.15, -0.1) is 11.3 Å². The van der Waals surface area contributed by atoms with Crippen LogP contribution in [0.2, 0.25) is 5.02 Å². The van der Waals surface area contributed by atoms with Gasteiger partial charge in [-0.3, -0.25) is 0 Å². The Kier molecular flexibility index (Phi) is 4.85. The van der Waals surface area contributed by atoms with E-state index in [0.29, 0.717) is 4.83 Å². The lowest BCUT2D eigenvalue weighted by Gasteiger charge is -2.08. The van der Waals surface area contributed by atoms with Crippen LogP contribution in [0.4, 0.5) is 0 Å². The lowest BCUT2D eigenvalue weighted by molar-refractivity contribution is 0.712. The highest BCUT2D eigenvalue weighted by molar-refractivity contribution is 9.09. The molecule has 3 heteroatoms. The molecule has 1 aliphatic carbocycles. The molecule has 1 heterocycles. The molecule has 0 fully saturated rings. The van der Waals surface area contributed by atoms with Crippen molar-refractivity contribution in [3.63, 3.8) is 0 Å². The van der Waals surface area contributed by atoms with Crippen molar-refractivity contribution < 1.29 is 0 Å². The van der Waals surface area contributed by atoms with Crippen LogP contribution >= 0.6 is 38.9 Å². The summed E-state index contributed by atoms with van der Waals surface area (Å²) in [5, 5.41) is 0.823. The van der Waals surface area contributed by atoms with E-state index in [1.54, 1.807) is 10.4 Å². The SMILES string of the molecule is Clc1cccc(CC(Br)c2cc3c(s2)CCCCC3)c1. The number of hydrogen-bond donors (Lipinski definition) is 0. The van der Waals surface area contributed by atoms with Crippen LogP contribution < -0.4 is 0 Å². The van der Waals surface area contributed by atoms with Crippen molar-refractivity contribution in [3.05, 3.63) is 56.2 Å². The molecule has 1 aliphatic rings. The average Bonchev–Trinajstić information content (AvgIpc) is 2.70. The van der Waals surface area contributed by atoms with Gasteiger partial charge >= 0.3 is 0 Å². The highest BCUT2D eigenvalue weighted by atomic mass is 79.9. The van der Waals surface area contributed by atoms with Crippen molar-refractivity contribution in [3.8, 4) is 0 Å². The highest BCUT2D eigenvalue weighted by Gasteiger charge is 2.17. The summed E-state index contributed by atoms with van der Waals surface area (Å²) in [4.78, 5) is 3.49. The zero-order valence-electron chi connectivity index (χ0n) is 11.4. The minimum Gasteiger partial charge on any atom is -0.144 e. The van der Waals surface area contributed by atoms with Gasteiger partial charge in [-0.1, -0.05) is 46.1 Å². The Labute approximate surface area is 138 Å². The summed E-state index contributed by atoms with van der Waals surface area (Å²) in [6.07, 6.45) is 7.63. The predicted molar refractivity (Wildman–Crippen MR) is 92.4 cm³/mol. The summed E-state index contributed by atoms with van der Waals surface area (Å²) in [6.45, 7) is 0. The molecule has 0 radical (unpaired) electrons. The van der Waals surface area contributed by atoms with Crippen LogP contribution in [0, 0.1) is 0 Å². The van der Waals surface area contributed by atoms with Gasteiger partial charge in [-0.05, 0) is 61.4 Å². The zero-order valence-corrected chi connectivity index (χ0v) is 14.5. The molecule has 0 spiro atoms. The van der Waals surface area contributed by atoms with Crippen molar-refractivity contribution in [2.45, 2.75) is 43.4 Å². The molecule has 3 rings (SSSR count). The minimum absolute atomic E-state index is 0.401. The molecule has 1 aromatic heterocycles. The number of fused-ring (bicyclic) bond motifs is 1. The predicted octanol–water partition coefficient (Wildman–Crippen LogP) is 6.35. The standard InChI is InChI=1S/C17H18BrClS/c18-15(10-12-5-4-7-14(19)9-12)17-11-13-6-2-1-3-8-16(13)20-17/h4-5,7,9,11,15H,1-3,6,8,10H2. The summed E-state index contributed by atoms with van der Waals surface area (Å²) in [5.41, 5.74) is 2.89. The number of thiophene rings is 1. The second kappa shape index (κ2) is 6.64. The van der Waals surface area contributed by atoms with Gasteiger partial charge in [-0.2, -0.15) is 0 Å². The normalized spacial score (nSPS) is 16.5. The number of halogens is 2. The summed E-state index contributed by atoms with van der Waals surface area (Å²) in [6, 6.07) is 10.6. The first-order chi connectivity index (χ1) is 9.72. The Morgan fingerprint density at radius 3 is 2.85 bits per heavy atom.